The molecule has 1 aliphatic heterocycles. The molecule has 0 amide bonds. The smallest absolute Gasteiger partial charge is 0.0240 e. The maximum Gasteiger partial charge on any atom is 0.0240 e. The predicted molar refractivity (Wildman–Crippen MR) is 61.2 cm³/mol. The lowest BCUT2D eigenvalue weighted by atomic mass is 10.1. The van der Waals surface area contributed by atoms with Gasteiger partial charge in [-0.25, -0.2) is 0 Å². The first-order valence-corrected chi connectivity index (χ1v) is 5.76. The average molecular weight is 194 g/mol. The zero-order chi connectivity index (χ0) is 10.2. The van der Waals surface area contributed by atoms with Crippen LogP contribution in [0, 0.1) is 12.3 Å². The van der Waals surface area contributed by atoms with Gasteiger partial charge < -0.3 is 10.2 Å². The van der Waals surface area contributed by atoms with Gasteiger partial charge in [0, 0.05) is 25.6 Å². The third-order valence-corrected chi connectivity index (χ3v) is 2.92. The molecule has 0 aromatic heterocycles. The van der Waals surface area contributed by atoms with Gasteiger partial charge in [-0.2, -0.15) is 0 Å². The van der Waals surface area contributed by atoms with E-state index in [1.54, 1.807) is 0 Å². The fourth-order valence-electron chi connectivity index (χ4n) is 1.94. The lowest BCUT2D eigenvalue weighted by molar-refractivity contribution is 0.326. The van der Waals surface area contributed by atoms with Crippen LogP contribution in [0.5, 0.6) is 0 Å². The first kappa shape index (κ1) is 11.6. The third-order valence-electron chi connectivity index (χ3n) is 2.92. The van der Waals surface area contributed by atoms with Gasteiger partial charge in [-0.05, 0) is 32.4 Å². The first-order chi connectivity index (χ1) is 6.86. The molecule has 1 rings (SSSR count). The van der Waals surface area contributed by atoms with Crippen molar-refractivity contribution in [1.82, 2.24) is 10.2 Å². The van der Waals surface area contributed by atoms with Crippen LogP contribution >= 0.6 is 0 Å². The van der Waals surface area contributed by atoms with Gasteiger partial charge in [0.15, 0.2) is 0 Å². The molecule has 0 aromatic rings. The van der Waals surface area contributed by atoms with E-state index in [2.05, 4.69) is 23.1 Å². The van der Waals surface area contributed by atoms with Crippen LogP contribution in [0.15, 0.2) is 0 Å². The summed E-state index contributed by atoms with van der Waals surface area (Å²) >= 11 is 0. The van der Waals surface area contributed by atoms with E-state index in [1.807, 2.05) is 0 Å². The van der Waals surface area contributed by atoms with Crippen LogP contribution in [0.1, 0.15) is 32.6 Å². The van der Waals surface area contributed by atoms with Crippen LogP contribution in [0.25, 0.3) is 0 Å². The highest BCUT2D eigenvalue weighted by molar-refractivity contribution is 4.89. The van der Waals surface area contributed by atoms with Crippen molar-refractivity contribution in [1.29, 1.82) is 0 Å². The summed E-state index contributed by atoms with van der Waals surface area (Å²) in [7, 11) is 0. The van der Waals surface area contributed by atoms with Crippen molar-refractivity contribution < 1.29 is 0 Å². The molecular weight excluding hydrogens is 172 g/mol. The third kappa shape index (κ3) is 4.13. The van der Waals surface area contributed by atoms with Gasteiger partial charge in [0.1, 0.15) is 0 Å². The average Bonchev–Trinajstić information content (AvgIpc) is 2.69. The zero-order valence-corrected chi connectivity index (χ0v) is 9.26. The second kappa shape index (κ2) is 6.86. The summed E-state index contributed by atoms with van der Waals surface area (Å²) in [5.74, 6) is 2.72. The Kier molecular flexibility index (Phi) is 5.66. The minimum atomic E-state index is 0.516. The summed E-state index contributed by atoms with van der Waals surface area (Å²) in [4.78, 5) is 2.52. The Labute approximate surface area is 88.1 Å². The monoisotopic (exact) mass is 194 g/mol. The zero-order valence-electron chi connectivity index (χ0n) is 9.26. The fraction of sp³-hybridized carbons (Fsp3) is 0.833. The molecule has 14 heavy (non-hydrogen) atoms. The number of hydrogen-bond donors (Lipinski definition) is 1. The number of hydrogen-bond acceptors (Lipinski definition) is 2. The second-order valence-corrected chi connectivity index (χ2v) is 4.02. The SMILES string of the molecule is C#CCC(CC)NCCN1CCCC1. The number of likely N-dealkylation sites (tertiary alicyclic amines) is 1. The maximum atomic E-state index is 5.30. The second-order valence-electron chi connectivity index (χ2n) is 4.02. The Bertz CT molecular complexity index is 177. The highest BCUT2D eigenvalue weighted by Crippen LogP contribution is 2.05. The molecule has 1 unspecified atom stereocenters. The van der Waals surface area contributed by atoms with Crippen molar-refractivity contribution in [2.75, 3.05) is 26.2 Å². The highest BCUT2D eigenvalue weighted by atomic mass is 15.2. The van der Waals surface area contributed by atoms with Crippen LogP contribution in [0.3, 0.4) is 0 Å². The Morgan fingerprint density at radius 3 is 2.71 bits per heavy atom. The van der Waals surface area contributed by atoms with Crippen molar-refractivity contribution in [3.05, 3.63) is 0 Å². The van der Waals surface area contributed by atoms with Crippen molar-refractivity contribution >= 4 is 0 Å². The first-order valence-electron chi connectivity index (χ1n) is 5.76. The Balaban J connectivity index is 2.03. The molecule has 1 atom stereocenters. The number of nitrogens with one attached hydrogen (secondary N) is 1. The van der Waals surface area contributed by atoms with Crippen molar-refractivity contribution in [2.24, 2.45) is 0 Å². The Morgan fingerprint density at radius 1 is 1.43 bits per heavy atom. The van der Waals surface area contributed by atoms with Crippen LogP contribution in [0.4, 0.5) is 0 Å². The molecule has 1 heterocycles. The van der Waals surface area contributed by atoms with Crippen LogP contribution in [-0.2, 0) is 0 Å². The van der Waals surface area contributed by atoms with E-state index in [0.717, 1.165) is 19.4 Å². The lowest BCUT2D eigenvalue weighted by Gasteiger charge is -2.18. The van der Waals surface area contributed by atoms with Crippen LogP contribution in [0.2, 0.25) is 0 Å². The van der Waals surface area contributed by atoms with Crippen molar-refractivity contribution in [3.63, 3.8) is 0 Å². The van der Waals surface area contributed by atoms with Crippen molar-refractivity contribution in [2.45, 2.75) is 38.6 Å². The molecule has 1 saturated heterocycles. The molecule has 0 aliphatic carbocycles. The Morgan fingerprint density at radius 2 is 2.14 bits per heavy atom. The fourth-order valence-corrected chi connectivity index (χ4v) is 1.94. The molecule has 1 N–H and O–H groups in total. The summed E-state index contributed by atoms with van der Waals surface area (Å²) in [6.07, 6.45) is 10.0. The molecule has 2 heteroatoms. The van der Waals surface area contributed by atoms with E-state index in [-0.39, 0.29) is 0 Å². The molecule has 2 nitrogen and oxygen atoms in total. The summed E-state index contributed by atoms with van der Waals surface area (Å²) in [6.45, 7) is 7.02. The molecule has 0 saturated carbocycles. The van der Waals surface area contributed by atoms with E-state index < -0.39 is 0 Å². The van der Waals surface area contributed by atoms with E-state index in [0.29, 0.717) is 6.04 Å². The van der Waals surface area contributed by atoms with Gasteiger partial charge in [-0.15, -0.1) is 12.3 Å². The van der Waals surface area contributed by atoms with Gasteiger partial charge in [-0.3, -0.25) is 0 Å². The molecule has 0 aromatic carbocycles. The number of rotatable bonds is 6. The van der Waals surface area contributed by atoms with E-state index in [9.17, 15) is 0 Å². The molecule has 0 bridgehead atoms. The number of nitrogens with zero attached hydrogens (tertiary/aromatic N) is 1. The standard InChI is InChI=1S/C12H22N2/c1-3-7-12(4-2)13-8-11-14-9-5-6-10-14/h1,12-13H,4-11H2,2H3. The van der Waals surface area contributed by atoms with Crippen LogP contribution in [-0.4, -0.2) is 37.1 Å². The quantitative estimate of drug-likeness (QED) is 0.644. The predicted octanol–water partition coefficient (Wildman–Crippen LogP) is 1.47. The Hall–Kier alpha value is -0.520. The largest absolute Gasteiger partial charge is 0.312 e. The van der Waals surface area contributed by atoms with Crippen molar-refractivity contribution in [3.8, 4) is 12.3 Å². The molecule has 1 aliphatic rings. The maximum absolute atomic E-state index is 5.30. The topological polar surface area (TPSA) is 15.3 Å². The van der Waals surface area contributed by atoms with Gasteiger partial charge in [0.05, 0.1) is 0 Å². The molecule has 0 radical (unpaired) electrons. The van der Waals surface area contributed by atoms with E-state index >= 15 is 0 Å². The summed E-state index contributed by atoms with van der Waals surface area (Å²) in [5.41, 5.74) is 0. The minimum absolute atomic E-state index is 0.516. The highest BCUT2D eigenvalue weighted by Gasteiger charge is 2.11. The van der Waals surface area contributed by atoms with Gasteiger partial charge in [-0.1, -0.05) is 6.92 Å². The normalized spacial score (nSPS) is 19.4. The minimum Gasteiger partial charge on any atom is -0.312 e. The molecular formula is C12H22N2. The summed E-state index contributed by atoms with van der Waals surface area (Å²) < 4.78 is 0. The van der Waals surface area contributed by atoms with E-state index in [4.69, 9.17) is 6.42 Å². The van der Waals surface area contributed by atoms with Crippen LogP contribution < -0.4 is 5.32 Å². The van der Waals surface area contributed by atoms with E-state index in [1.165, 1.54) is 32.5 Å². The molecule has 0 spiro atoms. The molecule has 80 valence electrons. The van der Waals surface area contributed by atoms with Gasteiger partial charge >= 0.3 is 0 Å². The summed E-state index contributed by atoms with van der Waals surface area (Å²) in [5, 5.41) is 3.51. The van der Waals surface area contributed by atoms with Gasteiger partial charge in [0.2, 0.25) is 0 Å². The summed E-state index contributed by atoms with van der Waals surface area (Å²) in [6, 6.07) is 0.516. The lowest BCUT2D eigenvalue weighted by Crippen LogP contribution is -2.35. The van der Waals surface area contributed by atoms with Gasteiger partial charge in [0.25, 0.3) is 0 Å². The number of terminal acetylenes is 1. The molecule has 1 fully saturated rings.